The van der Waals surface area contributed by atoms with E-state index < -0.39 is 22.7 Å². The Kier molecular flexibility index (Phi) is 5.36. The van der Waals surface area contributed by atoms with E-state index in [-0.39, 0.29) is 22.7 Å². The summed E-state index contributed by atoms with van der Waals surface area (Å²) >= 11 is 5.57. The van der Waals surface area contributed by atoms with Gasteiger partial charge >= 0.3 is 6.18 Å². The SMILES string of the molecule is O=C(Nc1ccc(Cl)c(C(F)(F)F)c1)c1cncc(C(=O)N2CCCC2)c1. The molecule has 1 aliphatic heterocycles. The molecule has 0 saturated carbocycles. The number of hydrogen-bond donors (Lipinski definition) is 1. The molecule has 5 nitrogen and oxygen atoms in total. The van der Waals surface area contributed by atoms with Crippen molar-refractivity contribution in [3.8, 4) is 0 Å². The third-order valence-corrected chi connectivity index (χ3v) is 4.50. The summed E-state index contributed by atoms with van der Waals surface area (Å²) < 4.78 is 38.8. The smallest absolute Gasteiger partial charge is 0.339 e. The topological polar surface area (TPSA) is 62.3 Å². The Morgan fingerprint density at radius 2 is 1.74 bits per heavy atom. The summed E-state index contributed by atoms with van der Waals surface area (Å²) in [4.78, 5) is 30.3. The van der Waals surface area contributed by atoms with Crippen molar-refractivity contribution in [1.82, 2.24) is 9.88 Å². The number of alkyl halides is 3. The van der Waals surface area contributed by atoms with Gasteiger partial charge in [-0.15, -0.1) is 0 Å². The number of amides is 2. The van der Waals surface area contributed by atoms with Crippen LogP contribution in [0.15, 0.2) is 36.7 Å². The fourth-order valence-electron chi connectivity index (χ4n) is 2.81. The molecule has 9 heteroatoms. The maximum absolute atomic E-state index is 12.9. The van der Waals surface area contributed by atoms with Crippen molar-refractivity contribution in [2.45, 2.75) is 19.0 Å². The number of anilines is 1. The number of pyridine rings is 1. The standard InChI is InChI=1S/C18H15ClF3N3O2/c19-15-4-3-13(8-14(15)18(20,21)22)24-16(26)11-7-12(10-23-9-11)17(27)25-5-1-2-6-25/h3-4,7-10H,1-2,5-6H2,(H,24,26). The zero-order valence-electron chi connectivity index (χ0n) is 14.0. The molecule has 27 heavy (non-hydrogen) atoms. The highest BCUT2D eigenvalue weighted by molar-refractivity contribution is 6.31. The largest absolute Gasteiger partial charge is 0.417 e. The molecule has 1 aromatic heterocycles. The van der Waals surface area contributed by atoms with Gasteiger partial charge in [0.15, 0.2) is 0 Å². The number of halogens is 4. The lowest BCUT2D eigenvalue weighted by molar-refractivity contribution is -0.137. The number of likely N-dealkylation sites (tertiary alicyclic amines) is 1. The molecule has 1 N–H and O–H groups in total. The van der Waals surface area contributed by atoms with Crippen LogP contribution in [-0.4, -0.2) is 34.8 Å². The van der Waals surface area contributed by atoms with Gasteiger partial charge < -0.3 is 10.2 Å². The van der Waals surface area contributed by atoms with E-state index in [9.17, 15) is 22.8 Å². The molecule has 3 rings (SSSR count). The first kappa shape index (κ1) is 19.2. The molecule has 0 unspecified atom stereocenters. The van der Waals surface area contributed by atoms with Gasteiger partial charge in [0.2, 0.25) is 0 Å². The highest BCUT2D eigenvalue weighted by Gasteiger charge is 2.33. The van der Waals surface area contributed by atoms with Gasteiger partial charge in [-0.2, -0.15) is 13.2 Å². The average Bonchev–Trinajstić information content (AvgIpc) is 3.16. The van der Waals surface area contributed by atoms with Crippen molar-refractivity contribution in [3.05, 3.63) is 58.4 Å². The Morgan fingerprint density at radius 1 is 1.07 bits per heavy atom. The predicted octanol–water partition coefficient (Wildman–Crippen LogP) is 4.24. The second-order valence-corrected chi connectivity index (χ2v) is 6.52. The molecule has 1 aliphatic rings. The van der Waals surface area contributed by atoms with Crippen LogP contribution in [-0.2, 0) is 6.18 Å². The first-order chi connectivity index (χ1) is 12.8. The monoisotopic (exact) mass is 397 g/mol. The highest BCUT2D eigenvalue weighted by Crippen LogP contribution is 2.36. The first-order valence-corrected chi connectivity index (χ1v) is 8.56. The Labute approximate surface area is 158 Å². The Hall–Kier alpha value is -2.61. The zero-order valence-corrected chi connectivity index (χ0v) is 14.8. The lowest BCUT2D eigenvalue weighted by atomic mass is 10.1. The fraction of sp³-hybridized carbons (Fsp3) is 0.278. The van der Waals surface area contributed by atoms with Crippen LogP contribution >= 0.6 is 11.6 Å². The van der Waals surface area contributed by atoms with Crippen LogP contribution in [0.4, 0.5) is 18.9 Å². The molecule has 0 aliphatic carbocycles. The third-order valence-electron chi connectivity index (χ3n) is 4.17. The molecule has 2 heterocycles. The molecule has 1 fully saturated rings. The van der Waals surface area contributed by atoms with Crippen molar-refractivity contribution in [2.24, 2.45) is 0 Å². The van der Waals surface area contributed by atoms with E-state index in [4.69, 9.17) is 11.6 Å². The minimum Gasteiger partial charge on any atom is -0.339 e. The van der Waals surface area contributed by atoms with Gasteiger partial charge in [0.05, 0.1) is 21.7 Å². The van der Waals surface area contributed by atoms with E-state index in [1.165, 1.54) is 24.5 Å². The molecule has 2 aromatic rings. The van der Waals surface area contributed by atoms with Crippen LogP contribution < -0.4 is 5.32 Å². The third kappa shape index (κ3) is 4.39. The Balaban J connectivity index is 1.79. The molecular weight excluding hydrogens is 383 g/mol. The van der Waals surface area contributed by atoms with Gasteiger partial charge in [0.1, 0.15) is 0 Å². The highest BCUT2D eigenvalue weighted by atomic mass is 35.5. The molecular formula is C18H15ClF3N3O2. The number of carbonyl (C=O) groups is 2. The van der Waals surface area contributed by atoms with E-state index in [0.717, 1.165) is 25.0 Å². The van der Waals surface area contributed by atoms with Crippen LogP contribution in [0.25, 0.3) is 0 Å². The number of hydrogen-bond acceptors (Lipinski definition) is 3. The molecule has 0 radical (unpaired) electrons. The summed E-state index contributed by atoms with van der Waals surface area (Å²) in [6.07, 6.45) is -0.172. The summed E-state index contributed by atoms with van der Waals surface area (Å²) in [5, 5.41) is 1.91. The molecule has 142 valence electrons. The number of nitrogens with one attached hydrogen (secondary N) is 1. The van der Waals surface area contributed by atoms with Crippen molar-refractivity contribution >= 4 is 29.1 Å². The van der Waals surface area contributed by atoms with Gasteiger partial charge in [0, 0.05) is 31.2 Å². The molecule has 0 atom stereocenters. The second kappa shape index (κ2) is 7.56. The summed E-state index contributed by atoms with van der Waals surface area (Å²) in [6.45, 7) is 1.31. The number of rotatable bonds is 3. The van der Waals surface area contributed by atoms with Crippen molar-refractivity contribution < 1.29 is 22.8 Å². The van der Waals surface area contributed by atoms with Gasteiger partial charge in [0.25, 0.3) is 11.8 Å². The molecule has 1 saturated heterocycles. The van der Waals surface area contributed by atoms with Crippen LogP contribution in [0.2, 0.25) is 5.02 Å². The van der Waals surface area contributed by atoms with Gasteiger partial charge in [-0.25, -0.2) is 0 Å². The summed E-state index contributed by atoms with van der Waals surface area (Å²) in [7, 11) is 0. The second-order valence-electron chi connectivity index (χ2n) is 6.11. The lowest BCUT2D eigenvalue weighted by Gasteiger charge is -2.15. The minimum atomic E-state index is -4.64. The van der Waals surface area contributed by atoms with E-state index >= 15 is 0 Å². The summed E-state index contributed by atoms with van der Waals surface area (Å²) in [6, 6.07) is 4.46. The van der Waals surface area contributed by atoms with Gasteiger partial charge in [-0.1, -0.05) is 11.6 Å². The van der Waals surface area contributed by atoms with Gasteiger partial charge in [-0.05, 0) is 37.1 Å². The lowest BCUT2D eigenvalue weighted by Crippen LogP contribution is -2.28. The van der Waals surface area contributed by atoms with E-state index in [0.29, 0.717) is 13.1 Å². The van der Waals surface area contributed by atoms with E-state index in [1.54, 1.807) is 4.90 Å². The van der Waals surface area contributed by atoms with Crippen molar-refractivity contribution in [3.63, 3.8) is 0 Å². The number of nitrogens with zero attached hydrogens (tertiary/aromatic N) is 2. The first-order valence-electron chi connectivity index (χ1n) is 8.18. The van der Waals surface area contributed by atoms with Crippen molar-refractivity contribution in [1.29, 1.82) is 0 Å². The summed E-state index contributed by atoms with van der Waals surface area (Å²) in [5.41, 5.74) is -0.772. The van der Waals surface area contributed by atoms with Crippen LogP contribution in [0, 0.1) is 0 Å². The molecule has 0 bridgehead atoms. The molecule has 2 amide bonds. The summed E-state index contributed by atoms with van der Waals surface area (Å²) in [5.74, 6) is -0.894. The van der Waals surface area contributed by atoms with E-state index in [1.807, 2.05) is 0 Å². The van der Waals surface area contributed by atoms with Crippen LogP contribution in [0.3, 0.4) is 0 Å². The number of benzene rings is 1. The van der Waals surface area contributed by atoms with E-state index in [2.05, 4.69) is 10.3 Å². The molecule has 1 aromatic carbocycles. The maximum Gasteiger partial charge on any atom is 0.417 e. The number of carbonyl (C=O) groups excluding carboxylic acids is 2. The van der Waals surface area contributed by atoms with Gasteiger partial charge in [-0.3, -0.25) is 14.6 Å². The fourth-order valence-corrected chi connectivity index (χ4v) is 3.03. The van der Waals surface area contributed by atoms with Crippen molar-refractivity contribution in [2.75, 3.05) is 18.4 Å². The van der Waals surface area contributed by atoms with Crippen LogP contribution in [0.5, 0.6) is 0 Å². The Bertz CT molecular complexity index is 880. The average molecular weight is 398 g/mol. The van der Waals surface area contributed by atoms with Crippen LogP contribution in [0.1, 0.15) is 39.1 Å². The Morgan fingerprint density at radius 3 is 2.41 bits per heavy atom. The normalized spacial score (nSPS) is 14.3. The zero-order chi connectivity index (χ0) is 19.6. The minimum absolute atomic E-state index is 0.0620. The maximum atomic E-state index is 12.9. The molecule has 0 spiro atoms. The predicted molar refractivity (Wildman–Crippen MR) is 93.8 cm³/mol. The number of aromatic nitrogens is 1. The quantitative estimate of drug-likeness (QED) is 0.842.